The Labute approximate surface area is 173 Å². The molecule has 1 aromatic heterocycles. The van der Waals surface area contributed by atoms with Crippen molar-refractivity contribution in [3.63, 3.8) is 0 Å². The molecule has 0 saturated heterocycles. The maximum atomic E-state index is 13.3. The molecule has 4 aromatic rings. The summed E-state index contributed by atoms with van der Waals surface area (Å²) in [4.78, 5) is 29.7. The summed E-state index contributed by atoms with van der Waals surface area (Å²) in [5.41, 5.74) is 2.62. The van der Waals surface area contributed by atoms with E-state index in [1.54, 1.807) is 29.9 Å². The Morgan fingerprint density at radius 3 is 2.30 bits per heavy atom. The maximum absolute atomic E-state index is 13.3. The SMILES string of the molecule is COC(=O)c1ccc(Cc2nc3ccccc3c(=O)n2-c2ccc(OC)cc2)cc1. The molecule has 0 spiro atoms. The van der Waals surface area contributed by atoms with E-state index >= 15 is 0 Å². The molecular formula is C24H20N2O4. The monoisotopic (exact) mass is 400 g/mol. The largest absolute Gasteiger partial charge is 0.497 e. The summed E-state index contributed by atoms with van der Waals surface area (Å²) in [6.07, 6.45) is 0.424. The van der Waals surface area contributed by atoms with Crippen molar-refractivity contribution < 1.29 is 14.3 Å². The number of rotatable bonds is 5. The Morgan fingerprint density at radius 2 is 1.63 bits per heavy atom. The summed E-state index contributed by atoms with van der Waals surface area (Å²) in [6.45, 7) is 0. The molecule has 30 heavy (non-hydrogen) atoms. The third kappa shape index (κ3) is 3.67. The average Bonchev–Trinajstić information content (AvgIpc) is 2.79. The molecule has 0 N–H and O–H groups in total. The van der Waals surface area contributed by atoms with Gasteiger partial charge >= 0.3 is 5.97 Å². The van der Waals surface area contributed by atoms with E-state index in [4.69, 9.17) is 14.5 Å². The van der Waals surface area contributed by atoms with E-state index < -0.39 is 0 Å². The normalized spacial score (nSPS) is 10.7. The quantitative estimate of drug-likeness (QED) is 0.477. The van der Waals surface area contributed by atoms with Gasteiger partial charge in [-0.25, -0.2) is 9.78 Å². The predicted molar refractivity (Wildman–Crippen MR) is 114 cm³/mol. The number of nitrogens with zero attached hydrogens (tertiary/aromatic N) is 2. The van der Waals surface area contributed by atoms with Crippen LogP contribution in [-0.2, 0) is 11.2 Å². The highest BCUT2D eigenvalue weighted by atomic mass is 16.5. The Morgan fingerprint density at radius 1 is 0.933 bits per heavy atom. The van der Waals surface area contributed by atoms with Gasteiger partial charge in [-0.1, -0.05) is 24.3 Å². The first kappa shape index (κ1) is 19.4. The lowest BCUT2D eigenvalue weighted by molar-refractivity contribution is 0.0600. The topological polar surface area (TPSA) is 70.4 Å². The Hall–Kier alpha value is -3.93. The molecule has 6 heteroatoms. The number of hydrogen-bond donors (Lipinski definition) is 0. The van der Waals surface area contributed by atoms with Gasteiger partial charge < -0.3 is 9.47 Å². The molecule has 6 nitrogen and oxygen atoms in total. The van der Waals surface area contributed by atoms with Crippen LogP contribution in [-0.4, -0.2) is 29.7 Å². The summed E-state index contributed by atoms with van der Waals surface area (Å²) in [7, 11) is 2.95. The van der Waals surface area contributed by atoms with Crippen molar-refractivity contribution in [3.8, 4) is 11.4 Å². The Kier molecular flexibility index (Phi) is 5.30. The van der Waals surface area contributed by atoms with Crippen LogP contribution in [0.25, 0.3) is 16.6 Å². The van der Waals surface area contributed by atoms with Crippen molar-refractivity contribution in [3.05, 3.63) is 100 Å². The number of carbonyl (C=O) groups is 1. The minimum atomic E-state index is -0.388. The van der Waals surface area contributed by atoms with Crippen LogP contribution in [0.5, 0.6) is 5.75 Å². The third-order valence-corrected chi connectivity index (χ3v) is 4.91. The highest BCUT2D eigenvalue weighted by Crippen LogP contribution is 2.19. The first-order chi connectivity index (χ1) is 14.6. The van der Waals surface area contributed by atoms with Crippen LogP contribution in [0.2, 0.25) is 0 Å². The van der Waals surface area contributed by atoms with Crippen LogP contribution in [0.15, 0.2) is 77.6 Å². The van der Waals surface area contributed by atoms with Gasteiger partial charge in [-0.3, -0.25) is 9.36 Å². The number of benzene rings is 3. The van der Waals surface area contributed by atoms with Crippen molar-refractivity contribution >= 4 is 16.9 Å². The van der Waals surface area contributed by atoms with E-state index in [0.29, 0.717) is 40.1 Å². The molecule has 0 aliphatic carbocycles. The third-order valence-electron chi connectivity index (χ3n) is 4.91. The summed E-state index contributed by atoms with van der Waals surface area (Å²) in [5, 5.41) is 0.554. The van der Waals surface area contributed by atoms with Gasteiger partial charge in [0.15, 0.2) is 0 Å². The van der Waals surface area contributed by atoms with E-state index in [9.17, 15) is 9.59 Å². The second kappa shape index (κ2) is 8.21. The zero-order valence-electron chi connectivity index (χ0n) is 16.7. The Bertz CT molecular complexity index is 1260. The van der Waals surface area contributed by atoms with Gasteiger partial charge in [0, 0.05) is 6.42 Å². The fourth-order valence-corrected chi connectivity index (χ4v) is 3.35. The van der Waals surface area contributed by atoms with Crippen LogP contribution in [0.3, 0.4) is 0 Å². The molecule has 0 aliphatic heterocycles. The molecule has 150 valence electrons. The van der Waals surface area contributed by atoms with Gasteiger partial charge in [0.2, 0.25) is 0 Å². The summed E-state index contributed by atoms with van der Waals surface area (Å²) in [5.74, 6) is 0.927. The molecule has 0 fully saturated rings. The summed E-state index contributed by atoms with van der Waals surface area (Å²) in [6, 6.07) is 21.7. The fourth-order valence-electron chi connectivity index (χ4n) is 3.35. The van der Waals surface area contributed by atoms with Crippen LogP contribution in [0.4, 0.5) is 0 Å². The van der Waals surface area contributed by atoms with Gasteiger partial charge in [0.1, 0.15) is 11.6 Å². The molecule has 0 radical (unpaired) electrons. The van der Waals surface area contributed by atoms with Crippen molar-refractivity contribution in [2.24, 2.45) is 0 Å². The number of hydrogen-bond acceptors (Lipinski definition) is 5. The second-order valence-electron chi connectivity index (χ2n) is 6.75. The zero-order chi connectivity index (χ0) is 21.1. The minimum absolute atomic E-state index is 0.132. The first-order valence-electron chi connectivity index (χ1n) is 9.43. The van der Waals surface area contributed by atoms with E-state index in [1.807, 2.05) is 54.6 Å². The van der Waals surface area contributed by atoms with Crippen LogP contribution >= 0.6 is 0 Å². The van der Waals surface area contributed by atoms with Crippen molar-refractivity contribution in [1.82, 2.24) is 9.55 Å². The number of esters is 1. The molecule has 1 heterocycles. The lowest BCUT2D eigenvalue weighted by Gasteiger charge is -2.14. The van der Waals surface area contributed by atoms with Gasteiger partial charge in [0.05, 0.1) is 36.4 Å². The minimum Gasteiger partial charge on any atom is -0.497 e. The molecule has 3 aromatic carbocycles. The van der Waals surface area contributed by atoms with E-state index in [0.717, 1.165) is 5.56 Å². The van der Waals surface area contributed by atoms with Gasteiger partial charge in [-0.05, 0) is 54.1 Å². The van der Waals surface area contributed by atoms with Gasteiger partial charge in [0.25, 0.3) is 5.56 Å². The summed E-state index contributed by atoms with van der Waals surface area (Å²) >= 11 is 0. The zero-order valence-corrected chi connectivity index (χ0v) is 16.7. The lowest BCUT2D eigenvalue weighted by Crippen LogP contribution is -2.24. The van der Waals surface area contributed by atoms with Gasteiger partial charge in [-0.2, -0.15) is 0 Å². The number of fused-ring (bicyclic) bond motifs is 1. The van der Waals surface area contributed by atoms with Crippen molar-refractivity contribution in [2.75, 3.05) is 14.2 Å². The van der Waals surface area contributed by atoms with Crippen molar-refractivity contribution in [1.29, 1.82) is 0 Å². The highest BCUT2D eigenvalue weighted by molar-refractivity contribution is 5.89. The molecule has 0 atom stereocenters. The molecule has 0 aliphatic rings. The first-order valence-corrected chi connectivity index (χ1v) is 9.43. The average molecular weight is 400 g/mol. The number of ether oxygens (including phenoxy) is 2. The molecule has 0 amide bonds. The number of carbonyl (C=O) groups excluding carboxylic acids is 1. The number of para-hydroxylation sites is 1. The van der Waals surface area contributed by atoms with E-state index in [2.05, 4.69) is 0 Å². The summed E-state index contributed by atoms with van der Waals surface area (Å²) < 4.78 is 11.6. The lowest BCUT2D eigenvalue weighted by atomic mass is 10.1. The fraction of sp³-hybridized carbons (Fsp3) is 0.125. The maximum Gasteiger partial charge on any atom is 0.337 e. The molecule has 0 bridgehead atoms. The predicted octanol–water partition coefficient (Wildman–Crippen LogP) is 3.77. The van der Waals surface area contributed by atoms with Crippen LogP contribution in [0, 0.1) is 0 Å². The van der Waals surface area contributed by atoms with E-state index in [1.165, 1.54) is 7.11 Å². The smallest absolute Gasteiger partial charge is 0.337 e. The standard InChI is InChI=1S/C24H20N2O4/c1-29-19-13-11-18(12-14-19)26-22(25-21-6-4-3-5-20(21)23(26)27)15-16-7-9-17(10-8-16)24(28)30-2/h3-14H,15H2,1-2H3. The van der Waals surface area contributed by atoms with Crippen LogP contribution in [0.1, 0.15) is 21.7 Å². The van der Waals surface area contributed by atoms with E-state index in [-0.39, 0.29) is 11.5 Å². The second-order valence-corrected chi connectivity index (χ2v) is 6.75. The molecule has 4 rings (SSSR count). The molecule has 0 unspecified atom stereocenters. The number of methoxy groups -OCH3 is 2. The van der Waals surface area contributed by atoms with Crippen LogP contribution < -0.4 is 10.3 Å². The van der Waals surface area contributed by atoms with Crippen molar-refractivity contribution in [2.45, 2.75) is 6.42 Å². The molecule has 0 saturated carbocycles. The molecular weight excluding hydrogens is 380 g/mol. The number of aromatic nitrogens is 2. The Balaban J connectivity index is 1.83. The highest BCUT2D eigenvalue weighted by Gasteiger charge is 2.14. The van der Waals surface area contributed by atoms with Gasteiger partial charge in [-0.15, -0.1) is 0 Å².